The van der Waals surface area contributed by atoms with Crippen LogP contribution in [0.3, 0.4) is 0 Å². The van der Waals surface area contributed by atoms with Crippen molar-refractivity contribution in [2.45, 2.75) is 19.4 Å². The molecule has 0 bridgehead atoms. The zero-order valence-electron chi connectivity index (χ0n) is 13.7. The third-order valence-electron chi connectivity index (χ3n) is 2.49. The first kappa shape index (κ1) is 20.0. The average molecular weight is 357 g/mol. The Morgan fingerprint density at radius 1 is 0.958 bits per heavy atom. The van der Waals surface area contributed by atoms with Crippen LogP contribution < -0.4 is 14.2 Å². The van der Waals surface area contributed by atoms with Crippen LogP contribution in [-0.4, -0.2) is 59.8 Å². The van der Waals surface area contributed by atoms with Gasteiger partial charge in [-0.05, 0) is 13.3 Å². The van der Waals surface area contributed by atoms with E-state index in [0.717, 1.165) is 0 Å². The maximum atomic E-state index is 9.61. The first-order valence-electron chi connectivity index (χ1n) is 7.45. The average Bonchev–Trinajstić information content (AvgIpc) is 2.55. The monoisotopic (exact) mass is 357 g/mol. The summed E-state index contributed by atoms with van der Waals surface area (Å²) in [4.78, 5) is 31.2. The van der Waals surface area contributed by atoms with Gasteiger partial charge >= 0.3 is 26.8 Å². The lowest BCUT2D eigenvalue weighted by molar-refractivity contribution is 0.151. The zero-order valence-corrected chi connectivity index (χ0v) is 14.7. The standard InChI is InChI=1S/C14H23N3O6Si/c1-4-8-20-12-15-13(21-9-5-2)17-14(16-12)22-10-7-11-24(18,19)23-6-3/h4-5,18-19H,1-2,6-11H2,3H3. The Labute approximate surface area is 142 Å². The number of hydrogen-bond acceptors (Lipinski definition) is 9. The van der Waals surface area contributed by atoms with E-state index in [2.05, 4.69) is 28.1 Å². The Hall–Kier alpha value is -2.01. The predicted molar refractivity (Wildman–Crippen MR) is 87.9 cm³/mol. The molecule has 134 valence electrons. The van der Waals surface area contributed by atoms with E-state index in [-0.39, 0.29) is 50.5 Å². The summed E-state index contributed by atoms with van der Waals surface area (Å²) in [5.41, 5.74) is 0. The van der Waals surface area contributed by atoms with Gasteiger partial charge in [-0.2, -0.15) is 0 Å². The van der Waals surface area contributed by atoms with Crippen LogP contribution in [0.1, 0.15) is 13.3 Å². The van der Waals surface area contributed by atoms with Crippen molar-refractivity contribution in [2.75, 3.05) is 26.4 Å². The fourth-order valence-corrected chi connectivity index (χ4v) is 2.76. The molecule has 0 aliphatic carbocycles. The minimum absolute atomic E-state index is 0.0164. The Morgan fingerprint density at radius 3 is 1.92 bits per heavy atom. The number of ether oxygens (including phenoxy) is 3. The Kier molecular flexibility index (Phi) is 8.93. The molecule has 0 spiro atoms. The van der Waals surface area contributed by atoms with Crippen LogP contribution in [0.4, 0.5) is 0 Å². The molecule has 10 heteroatoms. The van der Waals surface area contributed by atoms with E-state index in [0.29, 0.717) is 6.42 Å². The van der Waals surface area contributed by atoms with E-state index in [4.69, 9.17) is 18.6 Å². The molecule has 9 nitrogen and oxygen atoms in total. The highest BCUT2D eigenvalue weighted by molar-refractivity contribution is 6.57. The highest BCUT2D eigenvalue weighted by Crippen LogP contribution is 2.16. The second-order valence-electron chi connectivity index (χ2n) is 4.51. The lowest BCUT2D eigenvalue weighted by atomic mass is 10.5. The van der Waals surface area contributed by atoms with Crippen molar-refractivity contribution in [3.8, 4) is 18.0 Å². The molecule has 2 N–H and O–H groups in total. The zero-order chi connectivity index (χ0) is 17.8. The van der Waals surface area contributed by atoms with Gasteiger partial charge in [0.1, 0.15) is 13.2 Å². The summed E-state index contributed by atoms with van der Waals surface area (Å²) in [6.45, 7) is 9.66. The molecule has 1 aromatic heterocycles. The van der Waals surface area contributed by atoms with Gasteiger partial charge in [-0.3, -0.25) is 0 Å². The van der Waals surface area contributed by atoms with E-state index in [1.54, 1.807) is 19.1 Å². The third kappa shape index (κ3) is 8.01. The van der Waals surface area contributed by atoms with Gasteiger partial charge in [-0.1, -0.05) is 25.3 Å². The van der Waals surface area contributed by atoms with Gasteiger partial charge < -0.3 is 28.2 Å². The normalized spacial score (nSPS) is 11.0. The minimum atomic E-state index is -3.60. The fraction of sp³-hybridized carbons (Fsp3) is 0.500. The van der Waals surface area contributed by atoms with Gasteiger partial charge in [0.15, 0.2) is 0 Å². The van der Waals surface area contributed by atoms with E-state index < -0.39 is 8.80 Å². The first-order chi connectivity index (χ1) is 11.5. The van der Waals surface area contributed by atoms with E-state index in [1.165, 1.54) is 0 Å². The summed E-state index contributed by atoms with van der Waals surface area (Å²) in [5.74, 6) is 0. The number of hydrogen-bond donors (Lipinski definition) is 2. The molecule has 1 aromatic rings. The summed E-state index contributed by atoms with van der Waals surface area (Å²) in [5, 5.41) is 0. The second-order valence-corrected chi connectivity index (χ2v) is 6.79. The molecule has 0 aromatic carbocycles. The summed E-state index contributed by atoms with van der Waals surface area (Å²) in [7, 11) is -3.60. The number of rotatable bonds is 13. The number of aromatic nitrogens is 3. The highest BCUT2D eigenvalue weighted by Gasteiger charge is 2.30. The topological polar surface area (TPSA) is 116 Å². The van der Waals surface area contributed by atoms with Crippen LogP contribution in [0.2, 0.25) is 6.04 Å². The molecule has 0 aliphatic rings. The van der Waals surface area contributed by atoms with Gasteiger partial charge in [-0.15, -0.1) is 15.0 Å². The predicted octanol–water partition coefficient (Wildman–Crippen LogP) is 0.730. The molecule has 0 saturated heterocycles. The van der Waals surface area contributed by atoms with Crippen molar-refractivity contribution in [1.29, 1.82) is 0 Å². The number of nitrogens with zero attached hydrogens (tertiary/aromatic N) is 3. The molecule has 0 atom stereocenters. The van der Waals surface area contributed by atoms with Crippen LogP contribution in [0, 0.1) is 0 Å². The van der Waals surface area contributed by atoms with Crippen LogP contribution in [0.5, 0.6) is 18.0 Å². The van der Waals surface area contributed by atoms with Crippen LogP contribution in [-0.2, 0) is 4.43 Å². The molecule has 0 radical (unpaired) electrons. The van der Waals surface area contributed by atoms with Gasteiger partial charge in [0.2, 0.25) is 0 Å². The van der Waals surface area contributed by atoms with Crippen molar-refractivity contribution >= 4 is 8.80 Å². The van der Waals surface area contributed by atoms with Gasteiger partial charge in [0, 0.05) is 12.7 Å². The van der Waals surface area contributed by atoms with Gasteiger partial charge in [0.25, 0.3) is 0 Å². The summed E-state index contributed by atoms with van der Waals surface area (Å²) in [6, 6.07) is 0.219. The van der Waals surface area contributed by atoms with Gasteiger partial charge in [-0.25, -0.2) is 0 Å². The fourth-order valence-electron chi connectivity index (χ4n) is 1.55. The van der Waals surface area contributed by atoms with Crippen molar-refractivity contribution in [3.05, 3.63) is 25.3 Å². The maximum Gasteiger partial charge on any atom is 0.495 e. The highest BCUT2D eigenvalue weighted by atomic mass is 28.4. The summed E-state index contributed by atoms with van der Waals surface area (Å²) in [6.07, 6.45) is 3.47. The smallest absolute Gasteiger partial charge is 0.463 e. The van der Waals surface area contributed by atoms with Crippen LogP contribution in [0.15, 0.2) is 25.3 Å². The van der Waals surface area contributed by atoms with Crippen LogP contribution >= 0.6 is 0 Å². The third-order valence-corrected chi connectivity index (χ3v) is 4.24. The molecular weight excluding hydrogens is 334 g/mol. The van der Waals surface area contributed by atoms with E-state index in [1.807, 2.05) is 0 Å². The second kappa shape index (κ2) is 10.7. The van der Waals surface area contributed by atoms with Crippen molar-refractivity contribution in [1.82, 2.24) is 15.0 Å². The SMILES string of the molecule is C=CCOc1nc(OCC=C)nc(OCCC[Si](O)(O)OCC)n1. The molecule has 0 aliphatic heterocycles. The lowest BCUT2D eigenvalue weighted by Gasteiger charge is -2.16. The van der Waals surface area contributed by atoms with Crippen molar-refractivity contribution in [3.63, 3.8) is 0 Å². The quantitative estimate of drug-likeness (QED) is 0.299. The molecule has 1 heterocycles. The largest absolute Gasteiger partial charge is 0.495 e. The van der Waals surface area contributed by atoms with Crippen molar-refractivity contribution in [2.24, 2.45) is 0 Å². The Balaban J connectivity index is 2.61. The van der Waals surface area contributed by atoms with E-state index in [9.17, 15) is 9.59 Å². The summed E-state index contributed by atoms with van der Waals surface area (Å²) >= 11 is 0. The molecule has 0 amide bonds. The molecular formula is C14H23N3O6Si. The van der Waals surface area contributed by atoms with Crippen LogP contribution in [0.25, 0.3) is 0 Å². The maximum absolute atomic E-state index is 9.61. The Morgan fingerprint density at radius 2 is 1.46 bits per heavy atom. The molecule has 24 heavy (non-hydrogen) atoms. The Bertz CT molecular complexity index is 499. The molecule has 0 unspecified atom stereocenters. The van der Waals surface area contributed by atoms with E-state index >= 15 is 0 Å². The molecule has 1 rings (SSSR count). The lowest BCUT2D eigenvalue weighted by Crippen LogP contribution is -2.39. The molecule has 0 saturated carbocycles. The van der Waals surface area contributed by atoms with Crippen molar-refractivity contribution < 1.29 is 28.2 Å². The van der Waals surface area contributed by atoms with Gasteiger partial charge in [0.05, 0.1) is 6.61 Å². The minimum Gasteiger partial charge on any atom is -0.463 e. The first-order valence-corrected chi connectivity index (χ1v) is 9.46. The molecule has 0 fully saturated rings. The summed E-state index contributed by atoms with van der Waals surface area (Å²) < 4.78 is 20.8.